The number of aromatic carboxylic acids is 1. The molecule has 2 rings (SSSR count). The monoisotopic (exact) mass is 273 g/mol. The number of hydrogen-bond donors (Lipinski definition) is 2. The van der Waals surface area contributed by atoms with E-state index in [2.05, 4.69) is 5.32 Å². The van der Waals surface area contributed by atoms with Crippen molar-refractivity contribution in [3.05, 3.63) is 65.0 Å². The molecule has 1 amide bonds. The van der Waals surface area contributed by atoms with Gasteiger partial charge >= 0.3 is 5.97 Å². The van der Waals surface area contributed by atoms with Crippen molar-refractivity contribution in [3.8, 4) is 0 Å². The van der Waals surface area contributed by atoms with E-state index in [1.165, 1.54) is 30.3 Å². The minimum absolute atomic E-state index is 0.0296. The van der Waals surface area contributed by atoms with Crippen LogP contribution in [0.4, 0.5) is 10.1 Å². The van der Waals surface area contributed by atoms with Crippen LogP contribution in [0, 0.1) is 12.7 Å². The first-order valence-electron chi connectivity index (χ1n) is 5.88. The van der Waals surface area contributed by atoms with Crippen LogP contribution in [0.2, 0.25) is 0 Å². The molecule has 0 aliphatic carbocycles. The number of nitrogens with one attached hydrogen (secondary N) is 1. The first kappa shape index (κ1) is 13.7. The molecule has 0 aliphatic rings. The summed E-state index contributed by atoms with van der Waals surface area (Å²) in [5.74, 6) is -2.24. The quantitative estimate of drug-likeness (QED) is 0.903. The number of carbonyl (C=O) groups is 2. The molecule has 0 heterocycles. The molecule has 20 heavy (non-hydrogen) atoms. The lowest BCUT2D eigenvalue weighted by Crippen LogP contribution is -2.16. The second kappa shape index (κ2) is 5.52. The zero-order valence-electron chi connectivity index (χ0n) is 10.7. The Kier molecular flexibility index (Phi) is 3.79. The van der Waals surface area contributed by atoms with Crippen LogP contribution in [-0.4, -0.2) is 17.0 Å². The molecule has 0 spiro atoms. The second-order valence-electron chi connectivity index (χ2n) is 4.32. The fourth-order valence-electron chi connectivity index (χ4n) is 1.87. The summed E-state index contributed by atoms with van der Waals surface area (Å²) in [6, 6.07) is 9.96. The summed E-state index contributed by atoms with van der Waals surface area (Å²) >= 11 is 0. The van der Waals surface area contributed by atoms with E-state index in [4.69, 9.17) is 5.11 Å². The van der Waals surface area contributed by atoms with Gasteiger partial charge in [-0.05, 0) is 42.8 Å². The summed E-state index contributed by atoms with van der Waals surface area (Å²) in [6.45, 7) is 1.70. The molecule has 5 heteroatoms. The Balaban J connectivity index is 2.31. The number of hydrogen-bond acceptors (Lipinski definition) is 2. The number of aryl methyl sites for hydroxylation is 1. The highest BCUT2D eigenvalue weighted by atomic mass is 19.1. The van der Waals surface area contributed by atoms with Crippen LogP contribution in [0.1, 0.15) is 26.3 Å². The summed E-state index contributed by atoms with van der Waals surface area (Å²) in [7, 11) is 0. The number of carbonyl (C=O) groups excluding carboxylic acids is 1. The molecular formula is C15H12FNO3. The largest absolute Gasteiger partial charge is 0.478 e. The van der Waals surface area contributed by atoms with Crippen molar-refractivity contribution in [2.75, 3.05) is 5.32 Å². The number of anilines is 1. The van der Waals surface area contributed by atoms with Crippen LogP contribution in [0.15, 0.2) is 42.5 Å². The molecule has 102 valence electrons. The van der Waals surface area contributed by atoms with Crippen molar-refractivity contribution >= 4 is 17.6 Å². The third-order valence-corrected chi connectivity index (χ3v) is 2.70. The number of carboxylic acid groups (broad SMARTS) is 1. The molecule has 0 unspecified atom stereocenters. The van der Waals surface area contributed by atoms with Gasteiger partial charge in [0.2, 0.25) is 0 Å². The van der Waals surface area contributed by atoms with Gasteiger partial charge in [0, 0.05) is 5.69 Å². The van der Waals surface area contributed by atoms with Crippen LogP contribution < -0.4 is 5.32 Å². The number of carboxylic acids is 1. The third-order valence-electron chi connectivity index (χ3n) is 2.70. The minimum Gasteiger partial charge on any atom is -0.478 e. The number of amides is 1. The Morgan fingerprint density at radius 1 is 1.10 bits per heavy atom. The van der Waals surface area contributed by atoms with Crippen molar-refractivity contribution in [3.63, 3.8) is 0 Å². The Labute approximate surface area is 114 Å². The van der Waals surface area contributed by atoms with Crippen LogP contribution in [0.3, 0.4) is 0 Å². The van der Waals surface area contributed by atoms with E-state index in [0.29, 0.717) is 5.56 Å². The molecule has 2 aromatic carbocycles. The number of halogens is 1. The second-order valence-corrected chi connectivity index (χ2v) is 4.32. The molecule has 0 saturated heterocycles. The van der Waals surface area contributed by atoms with E-state index in [1.807, 2.05) is 0 Å². The summed E-state index contributed by atoms with van der Waals surface area (Å²) in [6.07, 6.45) is 0. The highest BCUT2D eigenvalue weighted by Crippen LogP contribution is 2.16. The van der Waals surface area contributed by atoms with Crippen molar-refractivity contribution in [2.24, 2.45) is 0 Å². The van der Waals surface area contributed by atoms with Crippen molar-refractivity contribution < 1.29 is 19.1 Å². The number of rotatable bonds is 3. The average molecular weight is 273 g/mol. The Hall–Kier alpha value is -2.69. The predicted octanol–water partition coefficient (Wildman–Crippen LogP) is 3.08. The number of benzene rings is 2. The maximum absolute atomic E-state index is 13.2. The zero-order valence-corrected chi connectivity index (χ0v) is 10.7. The van der Waals surface area contributed by atoms with Crippen molar-refractivity contribution in [1.82, 2.24) is 0 Å². The molecule has 2 N–H and O–H groups in total. The normalized spacial score (nSPS) is 10.1. The van der Waals surface area contributed by atoms with Gasteiger partial charge in [0.1, 0.15) is 5.82 Å². The van der Waals surface area contributed by atoms with Crippen molar-refractivity contribution in [2.45, 2.75) is 6.92 Å². The fourth-order valence-corrected chi connectivity index (χ4v) is 1.87. The van der Waals surface area contributed by atoms with Crippen molar-refractivity contribution in [1.29, 1.82) is 0 Å². The van der Waals surface area contributed by atoms with Gasteiger partial charge in [0.15, 0.2) is 0 Å². The van der Waals surface area contributed by atoms with Crippen LogP contribution >= 0.6 is 0 Å². The summed E-state index contributed by atoms with van der Waals surface area (Å²) < 4.78 is 13.2. The fraction of sp³-hybridized carbons (Fsp3) is 0.0667. The molecule has 0 aliphatic heterocycles. The zero-order chi connectivity index (χ0) is 14.7. The van der Waals surface area contributed by atoms with Gasteiger partial charge in [-0.15, -0.1) is 0 Å². The van der Waals surface area contributed by atoms with Gasteiger partial charge in [0.05, 0.1) is 11.1 Å². The van der Waals surface area contributed by atoms with Gasteiger partial charge in [-0.2, -0.15) is 0 Å². The lowest BCUT2D eigenvalue weighted by atomic mass is 10.1. The van der Waals surface area contributed by atoms with E-state index in [9.17, 15) is 14.0 Å². The lowest BCUT2D eigenvalue weighted by molar-refractivity contribution is 0.0692. The smallest absolute Gasteiger partial charge is 0.336 e. The van der Waals surface area contributed by atoms with E-state index in [-0.39, 0.29) is 16.8 Å². The van der Waals surface area contributed by atoms with E-state index in [1.54, 1.807) is 19.1 Å². The van der Waals surface area contributed by atoms with E-state index < -0.39 is 17.7 Å². The average Bonchev–Trinajstić information content (AvgIpc) is 2.37. The molecule has 4 nitrogen and oxygen atoms in total. The molecule has 0 bridgehead atoms. The van der Waals surface area contributed by atoms with Crippen LogP contribution in [-0.2, 0) is 0 Å². The molecule has 0 fully saturated rings. The van der Waals surface area contributed by atoms with Crippen LogP contribution in [0.5, 0.6) is 0 Å². The predicted molar refractivity (Wildman–Crippen MR) is 72.5 cm³/mol. The van der Waals surface area contributed by atoms with Gasteiger partial charge < -0.3 is 10.4 Å². The lowest BCUT2D eigenvalue weighted by Gasteiger charge is -2.08. The molecule has 0 radical (unpaired) electrons. The molecule has 0 aromatic heterocycles. The van der Waals surface area contributed by atoms with Gasteiger partial charge in [-0.3, -0.25) is 4.79 Å². The highest BCUT2D eigenvalue weighted by Gasteiger charge is 2.16. The van der Waals surface area contributed by atoms with Crippen LogP contribution in [0.25, 0.3) is 0 Å². The molecule has 0 saturated carbocycles. The topological polar surface area (TPSA) is 66.4 Å². The SMILES string of the molecule is Cc1cc(F)cc(NC(=O)c2ccccc2C(=O)O)c1. The minimum atomic E-state index is -1.19. The molecule has 0 atom stereocenters. The first-order chi connectivity index (χ1) is 9.47. The maximum Gasteiger partial charge on any atom is 0.336 e. The third kappa shape index (κ3) is 3.00. The Bertz CT molecular complexity index is 662. The van der Waals surface area contributed by atoms with E-state index in [0.717, 1.165) is 0 Å². The van der Waals surface area contributed by atoms with E-state index >= 15 is 0 Å². The summed E-state index contributed by atoms with van der Waals surface area (Å²) in [5.41, 5.74) is 0.875. The Morgan fingerprint density at radius 3 is 2.35 bits per heavy atom. The molecule has 2 aromatic rings. The van der Waals surface area contributed by atoms with Gasteiger partial charge in [0.25, 0.3) is 5.91 Å². The summed E-state index contributed by atoms with van der Waals surface area (Å²) in [5, 5.41) is 11.5. The Morgan fingerprint density at radius 2 is 1.75 bits per heavy atom. The highest BCUT2D eigenvalue weighted by molar-refractivity contribution is 6.10. The first-order valence-corrected chi connectivity index (χ1v) is 5.88. The summed E-state index contributed by atoms with van der Waals surface area (Å²) in [4.78, 5) is 23.1. The van der Waals surface area contributed by atoms with Gasteiger partial charge in [-0.25, -0.2) is 9.18 Å². The van der Waals surface area contributed by atoms with Gasteiger partial charge in [-0.1, -0.05) is 12.1 Å². The standard InChI is InChI=1S/C15H12FNO3/c1-9-6-10(16)8-11(7-9)17-14(18)12-4-2-3-5-13(12)15(19)20/h2-8H,1H3,(H,17,18)(H,19,20). The maximum atomic E-state index is 13.2. The molecular weight excluding hydrogens is 261 g/mol.